The molecular formula is C21H28O5. The number of aliphatic hydroxyl groups is 2. The summed E-state index contributed by atoms with van der Waals surface area (Å²) in [6, 6.07) is 0. The zero-order chi connectivity index (χ0) is 19.1. The Morgan fingerprint density at radius 1 is 1.31 bits per heavy atom. The molecule has 0 radical (unpaired) electrons. The fraction of sp³-hybridized carbons (Fsp3) is 0.714. The first-order valence-corrected chi connectivity index (χ1v) is 9.64. The van der Waals surface area contributed by atoms with Crippen LogP contribution in [0, 0.1) is 34.5 Å². The zero-order valence-corrected chi connectivity index (χ0v) is 15.6. The molecule has 8 unspecified atom stereocenters. The van der Waals surface area contributed by atoms with E-state index < -0.39 is 23.1 Å². The summed E-state index contributed by atoms with van der Waals surface area (Å²) in [5.41, 5.74) is -1.94. The van der Waals surface area contributed by atoms with Crippen LogP contribution < -0.4 is 0 Å². The monoisotopic (exact) mass is 360 g/mol. The second-order valence-electron chi connectivity index (χ2n) is 9.42. The van der Waals surface area contributed by atoms with E-state index in [-0.39, 0.29) is 41.3 Å². The van der Waals surface area contributed by atoms with Crippen molar-refractivity contribution in [3.05, 3.63) is 23.8 Å². The van der Waals surface area contributed by atoms with Crippen LogP contribution in [0.3, 0.4) is 0 Å². The van der Waals surface area contributed by atoms with Crippen LogP contribution in [0.25, 0.3) is 0 Å². The minimum Gasteiger partial charge on any atom is -0.479 e. The van der Waals surface area contributed by atoms with E-state index >= 15 is 0 Å². The predicted octanol–water partition coefficient (Wildman–Crippen LogP) is 2.33. The zero-order valence-electron chi connectivity index (χ0n) is 15.6. The smallest absolute Gasteiger partial charge is 0.336 e. The fourth-order valence-electron chi connectivity index (χ4n) is 7.12. The number of hydrogen-bond donors (Lipinski definition) is 3. The van der Waals surface area contributed by atoms with Crippen LogP contribution >= 0.6 is 0 Å². The highest BCUT2D eigenvalue weighted by Gasteiger charge is 2.71. The number of carbonyl (C=O) groups is 2. The maximum absolute atomic E-state index is 12.0. The molecule has 4 rings (SSSR count). The fourth-order valence-corrected chi connectivity index (χ4v) is 7.12. The van der Waals surface area contributed by atoms with Gasteiger partial charge in [-0.1, -0.05) is 32.4 Å². The molecule has 0 bridgehead atoms. The van der Waals surface area contributed by atoms with Gasteiger partial charge in [0.15, 0.2) is 11.4 Å². The minimum absolute atomic E-state index is 0.000744. The maximum Gasteiger partial charge on any atom is 0.336 e. The van der Waals surface area contributed by atoms with Crippen molar-refractivity contribution in [3.63, 3.8) is 0 Å². The molecule has 0 saturated heterocycles. The summed E-state index contributed by atoms with van der Waals surface area (Å²) in [4.78, 5) is 23.8. The number of aliphatic carboxylic acids is 1. The van der Waals surface area contributed by atoms with Gasteiger partial charge in [-0.05, 0) is 55.6 Å². The highest BCUT2D eigenvalue weighted by molar-refractivity contribution is 6.01. The minimum atomic E-state index is -1.81. The Balaban J connectivity index is 1.79. The molecule has 5 heteroatoms. The quantitative estimate of drug-likeness (QED) is 0.667. The SMILES string of the molecule is CC1CC2C3CCC4=CC(=O)C=CC4(C)C3C(O)CC2(C)C1(O)C(=O)O. The Labute approximate surface area is 153 Å². The van der Waals surface area contributed by atoms with Gasteiger partial charge in [-0.2, -0.15) is 0 Å². The van der Waals surface area contributed by atoms with Crippen LogP contribution in [-0.4, -0.2) is 38.8 Å². The third-order valence-corrected chi connectivity index (χ3v) is 8.40. The van der Waals surface area contributed by atoms with Gasteiger partial charge in [0.1, 0.15) is 0 Å². The lowest BCUT2D eigenvalue weighted by Crippen LogP contribution is -2.62. The number of carboxylic acid groups (broad SMARTS) is 1. The summed E-state index contributed by atoms with van der Waals surface area (Å²) in [6.45, 7) is 5.75. The first-order chi connectivity index (χ1) is 12.1. The van der Waals surface area contributed by atoms with Crippen LogP contribution in [-0.2, 0) is 9.59 Å². The van der Waals surface area contributed by atoms with E-state index in [4.69, 9.17) is 0 Å². The number of carboxylic acids is 1. The second-order valence-corrected chi connectivity index (χ2v) is 9.42. The highest BCUT2D eigenvalue weighted by Crippen LogP contribution is 2.68. The van der Waals surface area contributed by atoms with E-state index in [0.717, 1.165) is 18.4 Å². The lowest BCUT2D eigenvalue weighted by Gasteiger charge is -2.59. The average molecular weight is 360 g/mol. The maximum atomic E-state index is 12.0. The first kappa shape index (κ1) is 17.9. The molecule has 3 saturated carbocycles. The molecule has 0 heterocycles. The number of hydrogen-bond acceptors (Lipinski definition) is 4. The van der Waals surface area contributed by atoms with Crippen LogP contribution in [0.5, 0.6) is 0 Å². The van der Waals surface area contributed by atoms with Gasteiger partial charge in [-0.15, -0.1) is 0 Å². The summed E-state index contributed by atoms with van der Waals surface area (Å²) in [7, 11) is 0. The molecule has 8 atom stereocenters. The van der Waals surface area contributed by atoms with E-state index in [2.05, 4.69) is 6.92 Å². The Morgan fingerprint density at radius 2 is 2.00 bits per heavy atom. The Morgan fingerprint density at radius 3 is 2.65 bits per heavy atom. The summed E-state index contributed by atoms with van der Waals surface area (Å²) < 4.78 is 0. The normalized spacial score (nSPS) is 52.7. The molecule has 0 aromatic carbocycles. The van der Waals surface area contributed by atoms with E-state index in [1.807, 2.05) is 19.9 Å². The van der Waals surface area contributed by atoms with Gasteiger partial charge < -0.3 is 15.3 Å². The molecule has 0 amide bonds. The highest BCUT2D eigenvalue weighted by atomic mass is 16.4. The van der Waals surface area contributed by atoms with Crippen molar-refractivity contribution in [3.8, 4) is 0 Å². The Hall–Kier alpha value is -1.46. The lowest BCUT2D eigenvalue weighted by molar-refractivity contribution is -0.197. The summed E-state index contributed by atoms with van der Waals surface area (Å²) in [5.74, 6) is -1.38. The molecule has 0 spiro atoms. The molecule has 4 aliphatic rings. The van der Waals surface area contributed by atoms with Crippen molar-refractivity contribution in [1.29, 1.82) is 0 Å². The van der Waals surface area contributed by atoms with Crippen molar-refractivity contribution in [2.75, 3.05) is 0 Å². The van der Waals surface area contributed by atoms with Gasteiger partial charge in [0.05, 0.1) is 6.10 Å². The molecule has 26 heavy (non-hydrogen) atoms. The Bertz CT molecular complexity index is 739. The molecule has 142 valence electrons. The molecule has 4 aliphatic carbocycles. The van der Waals surface area contributed by atoms with Crippen molar-refractivity contribution in [2.24, 2.45) is 34.5 Å². The molecule has 5 nitrogen and oxygen atoms in total. The molecule has 0 aromatic rings. The van der Waals surface area contributed by atoms with E-state index in [9.17, 15) is 24.9 Å². The van der Waals surface area contributed by atoms with Gasteiger partial charge in [0, 0.05) is 16.7 Å². The van der Waals surface area contributed by atoms with Crippen molar-refractivity contribution >= 4 is 11.8 Å². The van der Waals surface area contributed by atoms with Gasteiger partial charge in [-0.3, -0.25) is 4.79 Å². The van der Waals surface area contributed by atoms with Crippen LogP contribution in [0.15, 0.2) is 23.8 Å². The first-order valence-electron chi connectivity index (χ1n) is 9.64. The third kappa shape index (κ3) is 1.93. The Kier molecular flexibility index (Phi) is 3.65. The van der Waals surface area contributed by atoms with Gasteiger partial charge >= 0.3 is 5.97 Å². The van der Waals surface area contributed by atoms with Crippen molar-refractivity contribution < 1.29 is 24.9 Å². The summed E-state index contributed by atoms with van der Waals surface area (Å²) in [6.07, 6.45) is 7.08. The van der Waals surface area contributed by atoms with Crippen LogP contribution in [0.1, 0.15) is 46.5 Å². The number of fused-ring (bicyclic) bond motifs is 5. The van der Waals surface area contributed by atoms with Crippen LogP contribution in [0.2, 0.25) is 0 Å². The number of aliphatic hydroxyl groups excluding tert-OH is 1. The lowest BCUT2D eigenvalue weighted by atomic mass is 9.46. The molecule has 3 fully saturated rings. The van der Waals surface area contributed by atoms with E-state index in [1.54, 1.807) is 12.2 Å². The average Bonchev–Trinajstić information content (AvgIpc) is 2.76. The number of rotatable bonds is 1. The molecule has 0 aliphatic heterocycles. The third-order valence-electron chi connectivity index (χ3n) is 8.40. The van der Waals surface area contributed by atoms with Crippen molar-refractivity contribution in [2.45, 2.75) is 58.2 Å². The van der Waals surface area contributed by atoms with Gasteiger partial charge in [0.2, 0.25) is 0 Å². The van der Waals surface area contributed by atoms with Crippen molar-refractivity contribution in [1.82, 2.24) is 0 Å². The predicted molar refractivity (Wildman–Crippen MR) is 95.1 cm³/mol. The van der Waals surface area contributed by atoms with Crippen LogP contribution in [0.4, 0.5) is 0 Å². The molecular weight excluding hydrogens is 332 g/mol. The van der Waals surface area contributed by atoms with Gasteiger partial charge in [-0.25, -0.2) is 4.79 Å². The standard InChI is InChI=1S/C21H28O5/c1-11-8-15-14-5-4-12-9-13(22)6-7-19(12,2)17(14)16(23)10-20(15,3)21(11,26)18(24)25/h6-7,9,11,14-17,23,26H,4-5,8,10H2,1-3H3,(H,24,25). The second kappa shape index (κ2) is 5.29. The number of carbonyl (C=O) groups excluding carboxylic acids is 1. The summed E-state index contributed by atoms with van der Waals surface area (Å²) in [5, 5.41) is 32.1. The van der Waals surface area contributed by atoms with E-state index in [0.29, 0.717) is 6.42 Å². The summed E-state index contributed by atoms with van der Waals surface area (Å²) >= 11 is 0. The number of allylic oxidation sites excluding steroid dienone is 4. The molecule has 3 N–H and O–H groups in total. The largest absolute Gasteiger partial charge is 0.479 e. The topological polar surface area (TPSA) is 94.8 Å². The van der Waals surface area contributed by atoms with Gasteiger partial charge in [0.25, 0.3) is 0 Å². The molecule has 0 aromatic heterocycles. The number of ketones is 1. The van der Waals surface area contributed by atoms with E-state index in [1.165, 1.54) is 0 Å².